The van der Waals surface area contributed by atoms with E-state index in [-0.39, 0.29) is 17.7 Å². The molecule has 154 valence electrons. The third-order valence-electron chi connectivity index (χ3n) is 4.76. The minimum atomic E-state index is -0.250. The Balaban J connectivity index is 1.47. The van der Waals surface area contributed by atoms with E-state index in [1.807, 2.05) is 16.7 Å². The molecule has 1 N–H and O–H groups in total. The predicted octanol–water partition coefficient (Wildman–Crippen LogP) is 2.58. The van der Waals surface area contributed by atoms with E-state index in [0.29, 0.717) is 17.5 Å². The van der Waals surface area contributed by atoms with Crippen molar-refractivity contribution in [1.82, 2.24) is 24.9 Å². The van der Waals surface area contributed by atoms with E-state index in [1.165, 1.54) is 11.8 Å². The van der Waals surface area contributed by atoms with Crippen molar-refractivity contribution in [2.24, 2.45) is 5.92 Å². The van der Waals surface area contributed by atoms with Gasteiger partial charge in [0.05, 0.1) is 18.6 Å². The number of amides is 1. The fourth-order valence-electron chi connectivity index (χ4n) is 3.16. The molecule has 1 saturated heterocycles. The number of nitrogens with one attached hydrogen (secondary N) is 1. The Bertz CT molecular complexity index is 945. The Morgan fingerprint density at radius 2 is 2.17 bits per heavy atom. The van der Waals surface area contributed by atoms with E-state index in [2.05, 4.69) is 37.5 Å². The van der Waals surface area contributed by atoms with E-state index < -0.39 is 0 Å². The number of hydrogen-bond acceptors (Lipinski definition) is 9. The van der Waals surface area contributed by atoms with Crippen LogP contribution in [-0.2, 0) is 11.3 Å². The SMILES string of the molecule is Cc1noc(NC(=O)CSc2nnc(N3CCC(C)CC3)n2Cc2ccco2)n1. The number of piperidine rings is 1. The van der Waals surface area contributed by atoms with Crippen LogP contribution in [0.2, 0.25) is 0 Å². The molecular formula is C18H23N7O3S. The van der Waals surface area contributed by atoms with Crippen LogP contribution in [0.15, 0.2) is 32.5 Å². The van der Waals surface area contributed by atoms with E-state index in [9.17, 15) is 4.79 Å². The molecule has 29 heavy (non-hydrogen) atoms. The fourth-order valence-corrected chi connectivity index (χ4v) is 3.89. The topological polar surface area (TPSA) is 115 Å². The molecule has 4 heterocycles. The lowest BCUT2D eigenvalue weighted by molar-refractivity contribution is -0.114. The summed E-state index contributed by atoms with van der Waals surface area (Å²) in [5.74, 6) is 2.70. The van der Waals surface area contributed by atoms with Crippen LogP contribution in [0.5, 0.6) is 0 Å². The maximum atomic E-state index is 12.2. The maximum absolute atomic E-state index is 12.2. The average molecular weight is 417 g/mol. The summed E-state index contributed by atoms with van der Waals surface area (Å²) in [4.78, 5) is 18.4. The van der Waals surface area contributed by atoms with Gasteiger partial charge >= 0.3 is 6.01 Å². The van der Waals surface area contributed by atoms with E-state index in [0.717, 1.165) is 43.6 Å². The summed E-state index contributed by atoms with van der Waals surface area (Å²) in [7, 11) is 0. The van der Waals surface area contributed by atoms with Gasteiger partial charge in [-0.25, -0.2) is 0 Å². The molecule has 0 radical (unpaired) electrons. The lowest BCUT2D eigenvalue weighted by Crippen LogP contribution is -2.35. The fraction of sp³-hybridized carbons (Fsp3) is 0.500. The lowest BCUT2D eigenvalue weighted by Gasteiger charge is -2.31. The maximum Gasteiger partial charge on any atom is 0.328 e. The molecule has 0 unspecified atom stereocenters. The van der Waals surface area contributed by atoms with Crippen LogP contribution in [0.1, 0.15) is 31.4 Å². The van der Waals surface area contributed by atoms with Gasteiger partial charge in [-0.1, -0.05) is 23.8 Å². The number of carbonyl (C=O) groups excluding carboxylic acids is 1. The third-order valence-corrected chi connectivity index (χ3v) is 5.73. The van der Waals surface area contributed by atoms with Crippen molar-refractivity contribution < 1.29 is 13.7 Å². The van der Waals surface area contributed by atoms with Gasteiger partial charge in [0.2, 0.25) is 11.9 Å². The zero-order chi connectivity index (χ0) is 20.2. The van der Waals surface area contributed by atoms with Crippen molar-refractivity contribution in [2.45, 2.75) is 38.4 Å². The molecule has 1 aliphatic heterocycles. The first-order valence-corrected chi connectivity index (χ1v) is 10.5. The smallest absolute Gasteiger partial charge is 0.328 e. The van der Waals surface area contributed by atoms with E-state index in [4.69, 9.17) is 8.94 Å². The molecule has 3 aromatic rings. The molecule has 1 aliphatic rings. The molecular weight excluding hydrogens is 394 g/mol. The molecule has 0 bridgehead atoms. The van der Waals surface area contributed by atoms with Gasteiger partial charge in [-0.2, -0.15) is 4.98 Å². The van der Waals surface area contributed by atoms with Crippen molar-refractivity contribution in [3.8, 4) is 0 Å². The van der Waals surface area contributed by atoms with Gasteiger partial charge in [0, 0.05) is 13.1 Å². The largest absolute Gasteiger partial charge is 0.467 e. The Kier molecular flexibility index (Phi) is 5.84. The highest BCUT2D eigenvalue weighted by atomic mass is 32.2. The minimum absolute atomic E-state index is 0.0910. The molecule has 0 saturated carbocycles. The van der Waals surface area contributed by atoms with Crippen LogP contribution in [0.3, 0.4) is 0 Å². The van der Waals surface area contributed by atoms with Gasteiger partial charge in [0.1, 0.15) is 5.76 Å². The molecule has 11 heteroatoms. The van der Waals surface area contributed by atoms with Crippen LogP contribution in [0.25, 0.3) is 0 Å². The summed E-state index contributed by atoms with van der Waals surface area (Å²) in [6, 6.07) is 3.86. The van der Waals surface area contributed by atoms with Gasteiger partial charge in [0.15, 0.2) is 11.0 Å². The van der Waals surface area contributed by atoms with Crippen molar-refractivity contribution in [3.05, 3.63) is 30.0 Å². The Morgan fingerprint density at radius 3 is 2.86 bits per heavy atom. The first-order valence-electron chi connectivity index (χ1n) is 9.52. The zero-order valence-corrected chi connectivity index (χ0v) is 17.2. The molecule has 0 spiro atoms. The monoisotopic (exact) mass is 417 g/mol. The summed E-state index contributed by atoms with van der Waals surface area (Å²) in [5.41, 5.74) is 0. The van der Waals surface area contributed by atoms with Crippen LogP contribution < -0.4 is 10.2 Å². The number of rotatable bonds is 7. The van der Waals surface area contributed by atoms with Crippen LogP contribution in [-0.4, -0.2) is 49.7 Å². The summed E-state index contributed by atoms with van der Waals surface area (Å²) in [5, 5.41) is 15.6. The molecule has 1 fully saturated rings. The van der Waals surface area contributed by atoms with Gasteiger partial charge in [-0.05, 0) is 37.8 Å². The van der Waals surface area contributed by atoms with Gasteiger partial charge < -0.3 is 13.8 Å². The highest BCUT2D eigenvalue weighted by molar-refractivity contribution is 7.99. The molecule has 1 amide bonds. The summed E-state index contributed by atoms with van der Waals surface area (Å²) >= 11 is 1.31. The molecule has 0 aliphatic carbocycles. The van der Waals surface area contributed by atoms with Crippen molar-refractivity contribution in [3.63, 3.8) is 0 Å². The summed E-state index contributed by atoms with van der Waals surface area (Å²) in [6.07, 6.45) is 3.90. The number of thioether (sulfide) groups is 1. The van der Waals surface area contributed by atoms with Crippen molar-refractivity contribution in [1.29, 1.82) is 0 Å². The first kappa shape index (κ1) is 19.5. The van der Waals surface area contributed by atoms with Gasteiger partial charge in [0.25, 0.3) is 0 Å². The second-order valence-corrected chi connectivity index (χ2v) is 8.04. The van der Waals surface area contributed by atoms with Gasteiger partial charge in [-0.15, -0.1) is 10.2 Å². The number of carbonyl (C=O) groups is 1. The van der Waals surface area contributed by atoms with Crippen molar-refractivity contribution >= 4 is 29.6 Å². The average Bonchev–Trinajstić information content (AvgIpc) is 3.44. The van der Waals surface area contributed by atoms with E-state index in [1.54, 1.807) is 13.2 Å². The number of hydrogen-bond donors (Lipinski definition) is 1. The number of aromatic nitrogens is 5. The zero-order valence-electron chi connectivity index (χ0n) is 16.4. The second-order valence-electron chi connectivity index (χ2n) is 7.10. The highest BCUT2D eigenvalue weighted by Crippen LogP contribution is 2.27. The summed E-state index contributed by atoms with van der Waals surface area (Å²) < 4.78 is 12.4. The molecule has 0 atom stereocenters. The van der Waals surface area contributed by atoms with Crippen LogP contribution >= 0.6 is 11.8 Å². The number of aryl methyl sites for hydroxylation is 1. The molecule has 0 aromatic carbocycles. The third kappa shape index (κ3) is 4.78. The number of nitrogens with zero attached hydrogens (tertiary/aromatic N) is 6. The molecule has 3 aromatic heterocycles. The molecule has 10 nitrogen and oxygen atoms in total. The minimum Gasteiger partial charge on any atom is -0.467 e. The second kappa shape index (κ2) is 8.68. The Morgan fingerprint density at radius 1 is 1.34 bits per heavy atom. The number of anilines is 2. The van der Waals surface area contributed by atoms with Gasteiger partial charge in [-0.3, -0.25) is 14.7 Å². The molecule has 4 rings (SSSR count). The van der Waals surface area contributed by atoms with Crippen LogP contribution in [0, 0.1) is 12.8 Å². The Hall–Kier alpha value is -2.82. The van der Waals surface area contributed by atoms with E-state index >= 15 is 0 Å². The van der Waals surface area contributed by atoms with Crippen LogP contribution in [0.4, 0.5) is 12.0 Å². The predicted molar refractivity (Wildman–Crippen MR) is 107 cm³/mol. The normalized spacial score (nSPS) is 15.0. The lowest BCUT2D eigenvalue weighted by atomic mass is 10.00. The highest BCUT2D eigenvalue weighted by Gasteiger charge is 2.24. The quantitative estimate of drug-likeness (QED) is 0.579. The standard InChI is InChI=1S/C18H23N7O3S/c1-12-5-7-24(8-6-12)17-21-22-18(25(17)10-14-4-3-9-27-14)29-11-15(26)20-16-19-13(2)23-28-16/h3-4,9,12H,5-8,10-11H2,1-2H3,(H,19,20,23,26). The summed E-state index contributed by atoms with van der Waals surface area (Å²) in [6.45, 7) is 6.36. The Labute approximate surface area is 172 Å². The first-order chi connectivity index (χ1) is 14.1. The number of furan rings is 1. The van der Waals surface area contributed by atoms with Crippen molar-refractivity contribution in [2.75, 3.05) is 29.1 Å².